The van der Waals surface area contributed by atoms with Crippen LogP contribution in [0.5, 0.6) is 0 Å². The first-order valence-corrected chi connectivity index (χ1v) is 8.01. The first-order valence-electron chi connectivity index (χ1n) is 8.01. The number of benzene rings is 1. The molecular weight excluding hydrogens is 262 g/mol. The van der Waals surface area contributed by atoms with Gasteiger partial charge in [-0.3, -0.25) is 4.79 Å². The molecule has 0 unspecified atom stereocenters. The molecule has 1 fully saturated rings. The maximum absolute atomic E-state index is 11.9. The Morgan fingerprint density at radius 1 is 1.29 bits per heavy atom. The van der Waals surface area contributed by atoms with Gasteiger partial charge in [-0.1, -0.05) is 19.8 Å². The van der Waals surface area contributed by atoms with Crippen LogP contribution in [-0.4, -0.2) is 19.0 Å². The quantitative estimate of drug-likeness (QED) is 0.729. The topological polar surface area (TPSA) is 67.2 Å². The Morgan fingerprint density at radius 3 is 2.67 bits per heavy atom. The minimum absolute atomic E-state index is 0.0490. The lowest BCUT2D eigenvalue weighted by atomic mass is 9.83. The van der Waals surface area contributed by atoms with Crippen LogP contribution in [0.15, 0.2) is 18.2 Å². The lowest BCUT2D eigenvalue weighted by molar-refractivity contribution is 0.0956. The SMILES string of the molecule is CCNC(=O)c1ccc(N)c(NCC2CCC(C)CC2)c1. The Bertz CT molecular complexity index is 479. The van der Waals surface area contributed by atoms with Crippen LogP contribution in [0, 0.1) is 11.8 Å². The summed E-state index contributed by atoms with van der Waals surface area (Å²) >= 11 is 0. The minimum Gasteiger partial charge on any atom is -0.397 e. The predicted molar refractivity (Wildman–Crippen MR) is 88.5 cm³/mol. The van der Waals surface area contributed by atoms with Crippen molar-refractivity contribution in [1.82, 2.24) is 5.32 Å². The molecular formula is C17H27N3O. The van der Waals surface area contributed by atoms with Gasteiger partial charge in [-0.25, -0.2) is 0 Å². The maximum Gasteiger partial charge on any atom is 0.251 e. The summed E-state index contributed by atoms with van der Waals surface area (Å²) in [6, 6.07) is 5.43. The molecule has 0 heterocycles. The number of carbonyl (C=O) groups excluding carboxylic acids is 1. The minimum atomic E-state index is -0.0490. The lowest BCUT2D eigenvalue weighted by Gasteiger charge is -2.26. The third-order valence-electron chi connectivity index (χ3n) is 4.37. The number of nitrogens with two attached hydrogens (primary N) is 1. The fourth-order valence-electron chi connectivity index (χ4n) is 2.90. The van der Waals surface area contributed by atoms with Gasteiger partial charge in [-0.2, -0.15) is 0 Å². The van der Waals surface area contributed by atoms with Crippen molar-refractivity contribution in [2.45, 2.75) is 39.5 Å². The number of amides is 1. The summed E-state index contributed by atoms with van der Waals surface area (Å²) in [5.74, 6) is 1.54. The summed E-state index contributed by atoms with van der Waals surface area (Å²) < 4.78 is 0. The van der Waals surface area contributed by atoms with Crippen molar-refractivity contribution in [2.24, 2.45) is 11.8 Å². The zero-order valence-corrected chi connectivity index (χ0v) is 13.1. The van der Waals surface area contributed by atoms with E-state index >= 15 is 0 Å². The van der Waals surface area contributed by atoms with Crippen LogP contribution in [0.3, 0.4) is 0 Å². The van der Waals surface area contributed by atoms with Gasteiger partial charge < -0.3 is 16.4 Å². The number of hydrogen-bond donors (Lipinski definition) is 3. The van der Waals surface area contributed by atoms with Crippen molar-refractivity contribution in [3.05, 3.63) is 23.8 Å². The standard InChI is InChI=1S/C17H27N3O/c1-3-19-17(21)14-8-9-15(18)16(10-14)20-11-13-6-4-12(2)5-7-13/h8-10,12-13,20H,3-7,11,18H2,1-2H3,(H,19,21). The van der Waals surface area contributed by atoms with Crippen LogP contribution in [0.1, 0.15) is 49.9 Å². The molecule has 116 valence electrons. The van der Waals surface area contributed by atoms with Gasteiger partial charge in [-0.05, 0) is 49.8 Å². The molecule has 0 aromatic heterocycles. The molecule has 21 heavy (non-hydrogen) atoms. The highest BCUT2D eigenvalue weighted by Crippen LogP contribution is 2.29. The number of rotatable bonds is 5. The fraction of sp³-hybridized carbons (Fsp3) is 0.588. The highest BCUT2D eigenvalue weighted by Gasteiger charge is 2.18. The molecule has 1 aliphatic rings. The van der Waals surface area contributed by atoms with Crippen molar-refractivity contribution in [3.63, 3.8) is 0 Å². The molecule has 4 nitrogen and oxygen atoms in total. The largest absolute Gasteiger partial charge is 0.397 e. The molecule has 0 aliphatic heterocycles. The molecule has 1 aromatic carbocycles. The Balaban J connectivity index is 1.95. The summed E-state index contributed by atoms with van der Waals surface area (Å²) in [7, 11) is 0. The number of hydrogen-bond acceptors (Lipinski definition) is 3. The summed E-state index contributed by atoms with van der Waals surface area (Å²) in [6.45, 7) is 5.82. The molecule has 1 amide bonds. The average molecular weight is 289 g/mol. The molecule has 0 radical (unpaired) electrons. The van der Waals surface area contributed by atoms with Gasteiger partial charge in [-0.15, -0.1) is 0 Å². The Morgan fingerprint density at radius 2 is 2.00 bits per heavy atom. The molecule has 1 aliphatic carbocycles. The average Bonchev–Trinajstić information content (AvgIpc) is 2.48. The van der Waals surface area contributed by atoms with E-state index in [0.29, 0.717) is 23.7 Å². The first-order chi connectivity index (χ1) is 10.1. The van der Waals surface area contributed by atoms with Gasteiger partial charge in [0, 0.05) is 18.7 Å². The molecule has 1 saturated carbocycles. The number of nitrogens with one attached hydrogen (secondary N) is 2. The van der Waals surface area contributed by atoms with Crippen LogP contribution in [0.25, 0.3) is 0 Å². The van der Waals surface area contributed by atoms with Crippen molar-refractivity contribution in [2.75, 3.05) is 24.1 Å². The van der Waals surface area contributed by atoms with E-state index in [9.17, 15) is 4.79 Å². The number of anilines is 2. The summed E-state index contributed by atoms with van der Waals surface area (Å²) in [4.78, 5) is 11.9. The Labute approximate surface area is 127 Å². The zero-order chi connectivity index (χ0) is 15.2. The van der Waals surface area contributed by atoms with Crippen molar-refractivity contribution in [3.8, 4) is 0 Å². The molecule has 0 bridgehead atoms. The summed E-state index contributed by atoms with van der Waals surface area (Å²) in [5.41, 5.74) is 8.24. The number of nitrogen functional groups attached to an aromatic ring is 1. The van der Waals surface area contributed by atoms with E-state index in [1.165, 1.54) is 25.7 Å². The van der Waals surface area contributed by atoms with E-state index in [1.807, 2.05) is 13.0 Å². The van der Waals surface area contributed by atoms with Gasteiger partial charge in [0.25, 0.3) is 5.91 Å². The van der Waals surface area contributed by atoms with Crippen molar-refractivity contribution in [1.29, 1.82) is 0 Å². The van der Waals surface area contributed by atoms with Gasteiger partial charge in [0.2, 0.25) is 0 Å². The second kappa shape index (κ2) is 7.34. The van der Waals surface area contributed by atoms with Gasteiger partial charge in [0.05, 0.1) is 11.4 Å². The molecule has 0 saturated heterocycles. The second-order valence-corrected chi connectivity index (χ2v) is 6.17. The third kappa shape index (κ3) is 4.38. The second-order valence-electron chi connectivity index (χ2n) is 6.17. The normalized spacial score (nSPS) is 21.8. The summed E-state index contributed by atoms with van der Waals surface area (Å²) in [5, 5.41) is 6.24. The maximum atomic E-state index is 11.9. The van der Waals surface area contributed by atoms with Crippen LogP contribution >= 0.6 is 0 Å². The smallest absolute Gasteiger partial charge is 0.251 e. The molecule has 4 heteroatoms. The summed E-state index contributed by atoms with van der Waals surface area (Å²) in [6.07, 6.45) is 5.20. The van der Waals surface area contributed by atoms with Gasteiger partial charge >= 0.3 is 0 Å². The van der Waals surface area contributed by atoms with Crippen LogP contribution in [0.2, 0.25) is 0 Å². The predicted octanol–water partition coefficient (Wildman–Crippen LogP) is 3.26. The van der Waals surface area contributed by atoms with E-state index in [-0.39, 0.29) is 5.91 Å². The monoisotopic (exact) mass is 289 g/mol. The molecule has 0 spiro atoms. The first kappa shape index (κ1) is 15.7. The van der Waals surface area contributed by atoms with Crippen LogP contribution in [-0.2, 0) is 0 Å². The highest BCUT2D eigenvalue weighted by atomic mass is 16.1. The van der Waals surface area contributed by atoms with E-state index in [0.717, 1.165) is 18.2 Å². The van der Waals surface area contributed by atoms with E-state index in [4.69, 9.17) is 5.73 Å². The van der Waals surface area contributed by atoms with Crippen LogP contribution in [0.4, 0.5) is 11.4 Å². The fourth-order valence-corrected chi connectivity index (χ4v) is 2.90. The molecule has 1 aromatic rings. The highest BCUT2D eigenvalue weighted by molar-refractivity contribution is 5.96. The van der Waals surface area contributed by atoms with E-state index < -0.39 is 0 Å². The molecule has 2 rings (SSSR count). The Kier molecular flexibility index (Phi) is 5.48. The van der Waals surface area contributed by atoms with Gasteiger partial charge in [0.15, 0.2) is 0 Å². The molecule has 4 N–H and O–H groups in total. The van der Waals surface area contributed by atoms with E-state index in [2.05, 4.69) is 17.6 Å². The van der Waals surface area contributed by atoms with Gasteiger partial charge in [0.1, 0.15) is 0 Å². The number of carbonyl (C=O) groups is 1. The van der Waals surface area contributed by atoms with Crippen LogP contribution < -0.4 is 16.4 Å². The van der Waals surface area contributed by atoms with Crippen molar-refractivity contribution >= 4 is 17.3 Å². The zero-order valence-electron chi connectivity index (χ0n) is 13.1. The van der Waals surface area contributed by atoms with Crippen molar-refractivity contribution < 1.29 is 4.79 Å². The van der Waals surface area contributed by atoms with E-state index in [1.54, 1.807) is 12.1 Å². The Hall–Kier alpha value is -1.71. The lowest BCUT2D eigenvalue weighted by Crippen LogP contribution is -2.23. The molecule has 0 atom stereocenters. The third-order valence-corrected chi connectivity index (χ3v) is 4.37.